The largest absolute Gasteiger partial charge is 0.506 e. The molecule has 3 rings (SSSR count). The Labute approximate surface area is 165 Å². The molecule has 0 amide bonds. The molecule has 0 heterocycles. The number of carbonyl (C=O) groups excluding carboxylic acids is 1. The molecule has 1 aliphatic carbocycles. The fourth-order valence-electron chi connectivity index (χ4n) is 3.10. The molecule has 0 aromatic heterocycles. The number of hydrogen-bond donors (Lipinski definition) is 2. The first-order valence-electron chi connectivity index (χ1n) is 8.69. The van der Waals surface area contributed by atoms with Crippen LogP contribution in [0.4, 0.5) is 0 Å². The van der Waals surface area contributed by atoms with Gasteiger partial charge in [0.1, 0.15) is 17.1 Å². The van der Waals surface area contributed by atoms with E-state index in [1.807, 2.05) is 24.3 Å². The molecule has 27 heavy (non-hydrogen) atoms. The normalized spacial score (nSPS) is 14.6. The Morgan fingerprint density at radius 3 is 2.52 bits per heavy atom. The summed E-state index contributed by atoms with van der Waals surface area (Å²) in [5.41, 5.74) is 0.385. The molecule has 1 saturated carbocycles. The highest BCUT2D eigenvalue weighted by Crippen LogP contribution is 2.29. The highest BCUT2D eigenvalue weighted by atomic mass is 79.9. The molecule has 0 saturated heterocycles. The predicted molar refractivity (Wildman–Crippen MR) is 105 cm³/mol. The molecule has 0 bridgehead atoms. The van der Waals surface area contributed by atoms with Gasteiger partial charge in [0.15, 0.2) is 5.78 Å². The van der Waals surface area contributed by atoms with E-state index in [1.54, 1.807) is 6.08 Å². The van der Waals surface area contributed by atoms with Gasteiger partial charge in [-0.3, -0.25) is 4.79 Å². The first-order valence-corrected chi connectivity index (χ1v) is 9.48. The van der Waals surface area contributed by atoms with Crippen molar-refractivity contribution in [2.75, 3.05) is 0 Å². The summed E-state index contributed by atoms with van der Waals surface area (Å²) in [5.74, 6) is -1.57. The minimum atomic E-state index is -1.30. The van der Waals surface area contributed by atoms with Crippen molar-refractivity contribution in [1.29, 1.82) is 0 Å². The molecule has 0 unspecified atom stereocenters. The van der Waals surface area contributed by atoms with Crippen molar-refractivity contribution in [3.63, 3.8) is 0 Å². The van der Waals surface area contributed by atoms with E-state index in [4.69, 9.17) is 9.84 Å². The summed E-state index contributed by atoms with van der Waals surface area (Å²) in [5, 5.41) is 19.2. The maximum atomic E-state index is 12.4. The number of ketones is 1. The monoisotopic (exact) mass is 430 g/mol. The topological polar surface area (TPSA) is 83.8 Å². The minimum Gasteiger partial charge on any atom is -0.506 e. The number of carbonyl (C=O) groups is 2. The van der Waals surface area contributed by atoms with Crippen LogP contribution < -0.4 is 4.74 Å². The SMILES string of the molecule is O=C(O)c1cc(Br)cc(C(=O)/C=C/c2cccc(OC3CCCC3)c2)c1O. The lowest BCUT2D eigenvalue weighted by Gasteiger charge is -2.13. The highest BCUT2D eigenvalue weighted by molar-refractivity contribution is 9.10. The molecule has 1 aliphatic rings. The van der Waals surface area contributed by atoms with Crippen LogP contribution in [-0.2, 0) is 0 Å². The van der Waals surface area contributed by atoms with Crippen molar-refractivity contribution in [2.45, 2.75) is 31.8 Å². The van der Waals surface area contributed by atoms with Crippen LogP contribution in [0, 0.1) is 0 Å². The van der Waals surface area contributed by atoms with Gasteiger partial charge in [-0.2, -0.15) is 0 Å². The number of aromatic hydroxyl groups is 1. The van der Waals surface area contributed by atoms with E-state index in [0.29, 0.717) is 4.47 Å². The van der Waals surface area contributed by atoms with Crippen LogP contribution in [0.15, 0.2) is 46.9 Å². The fraction of sp³-hybridized carbons (Fsp3) is 0.238. The number of carboxylic acids is 1. The molecular formula is C21H19BrO5. The van der Waals surface area contributed by atoms with Crippen molar-refractivity contribution < 1.29 is 24.5 Å². The van der Waals surface area contributed by atoms with Gasteiger partial charge in [-0.25, -0.2) is 4.79 Å². The van der Waals surface area contributed by atoms with E-state index in [9.17, 15) is 14.7 Å². The van der Waals surface area contributed by atoms with Crippen molar-refractivity contribution in [1.82, 2.24) is 0 Å². The van der Waals surface area contributed by atoms with Crippen LogP contribution in [0.2, 0.25) is 0 Å². The Morgan fingerprint density at radius 2 is 1.81 bits per heavy atom. The number of halogens is 1. The van der Waals surface area contributed by atoms with Gasteiger partial charge in [0.2, 0.25) is 0 Å². The molecule has 2 N–H and O–H groups in total. The lowest BCUT2D eigenvalue weighted by molar-refractivity contribution is 0.0693. The third-order valence-corrected chi connectivity index (χ3v) is 4.92. The van der Waals surface area contributed by atoms with Gasteiger partial charge in [0.05, 0.1) is 11.7 Å². The summed E-state index contributed by atoms with van der Waals surface area (Å²) < 4.78 is 6.36. The first kappa shape index (κ1) is 19.2. The molecule has 0 atom stereocenters. The van der Waals surface area contributed by atoms with Crippen LogP contribution in [-0.4, -0.2) is 28.1 Å². The van der Waals surface area contributed by atoms with Crippen molar-refractivity contribution >= 4 is 33.8 Å². The Kier molecular flexibility index (Phi) is 5.96. The van der Waals surface area contributed by atoms with Crippen LogP contribution >= 0.6 is 15.9 Å². The van der Waals surface area contributed by atoms with E-state index in [0.717, 1.165) is 24.2 Å². The van der Waals surface area contributed by atoms with E-state index in [1.165, 1.54) is 31.1 Å². The average molecular weight is 431 g/mol. The summed E-state index contributed by atoms with van der Waals surface area (Å²) >= 11 is 3.16. The van der Waals surface area contributed by atoms with Crippen molar-refractivity contribution in [2.24, 2.45) is 0 Å². The Hall–Kier alpha value is -2.60. The van der Waals surface area contributed by atoms with Gasteiger partial charge < -0.3 is 14.9 Å². The quantitative estimate of drug-likeness (QED) is 0.493. The second-order valence-corrected chi connectivity index (χ2v) is 7.36. The van der Waals surface area contributed by atoms with Crippen LogP contribution in [0.3, 0.4) is 0 Å². The molecular weight excluding hydrogens is 412 g/mol. The van der Waals surface area contributed by atoms with Crippen LogP contribution in [0.5, 0.6) is 11.5 Å². The zero-order valence-electron chi connectivity index (χ0n) is 14.5. The predicted octanol–water partition coefficient (Wildman–Crippen LogP) is 5.07. The van der Waals surface area contributed by atoms with Gasteiger partial charge in [0.25, 0.3) is 0 Å². The zero-order valence-corrected chi connectivity index (χ0v) is 16.1. The van der Waals surface area contributed by atoms with Crippen molar-refractivity contribution in [3.8, 4) is 11.5 Å². The lowest BCUT2D eigenvalue weighted by Crippen LogP contribution is -2.10. The standard InChI is InChI=1S/C21H19BrO5/c22-14-11-17(20(24)18(12-14)21(25)26)19(23)9-8-13-4-3-7-16(10-13)27-15-5-1-2-6-15/h3-4,7-12,15,24H,1-2,5-6H2,(H,25,26)/b9-8+. The molecule has 2 aromatic carbocycles. The van der Waals surface area contributed by atoms with Gasteiger partial charge >= 0.3 is 5.97 Å². The van der Waals surface area contributed by atoms with E-state index in [-0.39, 0.29) is 17.2 Å². The number of phenols is 1. The Morgan fingerprint density at radius 1 is 1.11 bits per heavy atom. The second kappa shape index (κ2) is 8.39. The molecule has 140 valence electrons. The number of benzene rings is 2. The third kappa shape index (κ3) is 4.77. The Bertz CT molecular complexity index is 897. The fourth-order valence-corrected chi connectivity index (χ4v) is 3.56. The zero-order chi connectivity index (χ0) is 19.4. The molecule has 1 fully saturated rings. The molecule has 5 nitrogen and oxygen atoms in total. The molecule has 0 spiro atoms. The Balaban J connectivity index is 1.78. The summed E-state index contributed by atoms with van der Waals surface area (Å²) in [6, 6.07) is 10.1. The summed E-state index contributed by atoms with van der Waals surface area (Å²) in [6.45, 7) is 0. The van der Waals surface area contributed by atoms with E-state index < -0.39 is 17.5 Å². The third-order valence-electron chi connectivity index (χ3n) is 4.46. The molecule has 6 heteroatoms. The smallest absolute Gasteiger partial charge is 0.339 e. The van der Waals surface area contributed by atoms with E-state index in [2.05, 4.69) is 15.9 Å². The number of aromatic carboxylic acids is 1. The molecule has 2 aromatic rings. The highest BCUT2D eigenvalue weighted by Gasteiger charge is 2.19. The van der Waals surface area contributed by atoms with Gasteiger partial charge in [-0.05, 0) is 61.6 Å². The van der Waals surface area contributed by atoms with Crippen LogP contribution in [0.25, 0.3) is 6.08 Å². The van der Waals surface area contributed by atoms with Gasteiger partial charge in [-0.15, -0.1) is 0 Å². The summed E-state index contributed by atoms with van der Waals surface area (Å²) in [7, 11) is 0. The maximum absolute atomic E-state index is 12.4. The molecule has 0 radical (unpaired) electrons. The first-order chi connectivity index (χ1) is 12.9. The average Bonchev–Trinajstić information content (AvgIpc) is 3.14. The van der Waals surface area contributed by atoms with Crippen LogP contribution in [0.1, 0.15) is 52.0 Å². The minimum absolute atomic E-state index is 0.0728. The number of allylic oxidation sites excluding steroid dienone is 1. The van der Waals surface area contributed by atoms with Gasteiger partial charge in [-0.1, -0.05) is 34.1 Å². The number of carboxylic acid groups (broad SMARTS) is 1. The number of hydrogen-bond acceptors (Lipinski definition) is 4. The summed E-state index contributed by atoms with van der Waals surface area (Å²) in [4.78, 5) is 23.6. The molecule has 0 aliphatic heterocycles. The maximum Gasteiger partial charge on any atom is 0.339 e. The number of ether oxygens (including phenoxy) is 1. The second-order valence-electron chi connectivity index (χ2n) is 6.45. The van der Waals surface area contributed by atoms with E-state index >= 15 is 0 Å². The number of rotatable bonds is 6. The van der Waals surface area contributed by atoms with Crippen molar-refractivity contribution in [3.05, 3.63) is 63.6 Å². The van der Waals surface area contributed by atoms with Gasteiger partial charge in [0, 0.05) is 4.47 Å². The summed E-state index contributed by atoms with van der Waals surface area (Å²) in [6.07, 6.45) is 7.67. The lowest BCUT2D eigenvalue weighted by atomic mass is 10.0.